The third-order valence-corrected chi connectivity index (χ3v) is 6.22. The summed E-state index contributed by atoms with van der Waals surface area (Å²) in [5.41, 5.74) is 0. The fourth-order valence-electron chi connectivity index (χ4n) is 1.02. The van der Waals surface area contributed by atoms with Crippen LogP contribution in [0.3, 0.4) is 0 Å². The van der Waals surface area contributed by atoms with Gasteiger partial charge in [-0.2, -0.15) is 0 Å². The Morgan fingerprint density at radius 3 is 2.38 bits per heavy atom. The Morgan fingerprint density at radius 1 is 1.38 bits per heavy atom. The maximum atomic E-state index is 11.8. The Bertz CT molecular complexity index is 367. The molecule has 0 saturated carbocycles. The Balaban J connectivity index is 2.97. The van der Waals surface area contributed by atoms with Gasteiger partial charge in [0.2, 0.25) is 0 Å². The fraction of sp³-hybridized carbons (Fsp3) is 1.00. The first kappa shape index (κ1) is 10.9. The van der Waals surface area contributed by atoms with Crippen molar-refractivity contribution in [2.75, 3.05) is 30.3 Å². The fourth-order valence-corrected chi connectivity index (χ4v) is 4.83. The van der Waals surface area contributed by atoms with Gasteiger partial charge in [-0.05, 0) is 6.92 Å². The molecule has 1 fully saturated rings. The van der Waals surface area contributed by atoms with Crippen LogP contribution in [-0.4, -0.2) is 43.0 Å². The average Bonchev–Trinajstić information content (AvgIpc) is 2.04. The summed E-state index contributed by atoms with van der Waals surface area (Å²) in [6.45, 7) is 2.67. The molecule has 0 atom stereocenters. The van der Waals surface area contributed by atoms with E-state index in [9.17, 15) is 12.6 Å². The van der Waals surface area contributed by atoms with Crippen LogP contribution >= 0.6 is 0 Å². The summed E-state index contributed by atoms with van der Waals surface area (Å²) in [7, 11) is -5.94. The largest absolute Gasteiger partial charge is 0.315 e. The summed E-state index contributed by atoms with van der Waals surface area (Å²) >= 11 is 0. The molecule has 0 bridgehead atoms. The van der Waals surface area contributed by atoms with E-state index >= 15 is 0 Å². The van der Waals surface area contributed by atoms with E-state index in [0.717, 1.165) is 0 Å². The first-order valence-corrected chi connectivity index (χ1v) is 7.61. The molecule has 5 nitrogen and oxygen atoms in total. The average molecular weight is 226 g/mol. The van der Waals surface area contributed by atoms with E-state index in [2.05, 4.69) is 9.08 Å². The van der Waals surface area contributed by atoms with Crippen molar-refractivity contribution in [3.63, 3.8) is 0 Å². The molecule has 1 aliphatic heterocycles. The summed E-state index contributed by atoms with van der Waals surface area (Å²) in [4.78, 5) is 0. The lowest BCUT2D eigenvalue weighted by Crippen LogP contribution is -2.36. The molecule has 1 aliphatic rings. The van der Waals surface area contributed by atoms with Crippen molar-refractivity contribution >= 4 is 19.8 Å². The van der Waals surface area contributed by atoms with Crippen molar-refractivity contribution in [2.45, 2.75) is 6.92 Å². The first-order chi connectivity index (χ1) is 5.97. The number of nitrogens with one attached hydrogen (secondary N) is 1. The molecule has 78 valence electrons. The van der Waals surface area contributed by atoms with Gasteiger partial charge in [-0.3, -0.25) is 0 Å². The van der Waals surface area contributed by atoms with E-state index in [1.54, 1.807) is 0 Å². The van der Waals surface area contributed by atoms with E-state index < -0.39 is 19.8 Å². The first-order valence-electron chi connectivity index (χ1n) is 4.15. The van der Waals surface area contributed by atoms with Crippen LogP contribution in [0.2, 0.25) is 0 Å². The molecule has 0 aromatic carbocycles. The molecule has 0 aliphatic carbocycles. The van der Waals surface area contributed by atoms with Gasteiger partial charge in [0.15, 0.2) is 0 Å². The van der Waals surface area contributed by atoms with Crippen LogP contribution in [0.15, 0.2) is 3.77 Å². The number of rotatable bonds is 2. The molecule has 0 unspecified atom stereocenters. The lowest BCUT2D eigenvalue weighted by Gasteiger charge is -2.15. The van der Waals surface area contributed by atoms with E-state index in [-0.39, 0.29) is 5.75 Å². The highest BCUT2D eigenvalue weighted by molar-refractivity contribution is 8.03. The van der Waals surface area contributed by atoms with Gasteiger partial charge in [0.1, 0.15) is 0 Å². The minimum absolute atomic E-state index is 0.0720. The zero-order chi connectivity index (χ0) is 9.95. The highest BCUT2D eigenvalue weighted by atomic mass is 32.3. The number of sulfonamides is 1. The second kappa shape index (κ2) is 3.93. The number of hydrogen-bond acceptors (Lipinski definition) is 4. The van der Waals surface area contributed by atoms with Gasteiger partial charge in [-0.25, -0.2) is 12.6 Å². The minimum Gasteiger partial charge on any atom is -0.315 e. The second-order valence-corrected chi connectivity index (χ2v) is 7.58. The van der Waals surface area contributed by atoms with Gasteiger partial charge in [-0.15, -0.1) is 3.77 Å². The van der Waals surface area contributed by atoms with Crippen molar-refractivity contribution in [3.8, 4) is 0 Å². The lowest BCUT2D eigenvalue weighted by molar-refractivity contribution is 0.598. The van der Waals surface area contributed by atoms with Crippen molar-refractivity contribution < 1.29 is 12.6 Å². The molecule has 1 saturated heterocycles. The molecular weight excluding hydrogens is 212 g/mol. The SMILES string of the molecule is CCS(=O)(=O)N=S1(=O)CCNCC1. The highest BCUT2D eigenvalue weighted by Crippen LogP contribution is 2.04. The Morgan fingerprint density at radius 2 is 1.92 bits per heavy atom. The van der Waals surface area contributed by atoms with E-state index in [4.69, 9.17) is 0 Å². The van der Waals surface area contributed by atoms with E-state index in [1.165, 1.54) is 6.92 Å². The van der Waals surface area contributed by atoms with Gasteiger partial charge >= 0.3 is 0 Å². The van der Waals surface area contributed by atoms with Crippen molar-refractivity contribution in [1.82, 2.24) is 5.32 Å². The summed E-state index contributed by atoms with van der Waals surface area (Å²) in [5.74, 6) is 0.607. The molecule has 1 heterocycles. The minimum atomic E-state index is -3.46. The molecule has 0 aromatic rings. The molecule has 1 rings (SSSR count). The quantitative estimate of drug-likeness (QED) is 0.682. The van der Waals surface area contributed by atoms with Crippen LogP contribution in [0.1, 0.15) is 6.92 Å². The Labute approximate surface area is 79.1 Å². The molecule has 0 amide bonds. The molecule has 1 N–H and O–H groups in total. The predicted molar refractivity (Wildman–Crippen MR) is 52.6 cm³/mol. The van der Waals surface area contributed by atoms with Gasteiger partial charge < -0.3 is 5.32 Å². The molecule has 0 spiro atoms. The summed E-state index contributed by atoms with van der Waals surface area (Å²) < 4.78 is 37.5. The van der Waals surface area contributed by atoms with E-state index in [1.807, 2.05) is 0 Å². The van der Waals surface area contributed by atoms with Gasteiger partial charge in [0, 0.05) is 24.6 Å². The van der Waals surface area contributed by atoms with Crippen LogP contribution in [0.5, 0.6) is 0 Å². The van der Waals surface area contributed by atoms with E-state index in [0.29, 0.717) is 24.6 Å². The summed E-state index contributed by atoms with van der Waals surface area (Å²) in [6, 6.07) is 0. The van der Waals surface area contributed by atoms with Gasteiger partial charge in [0.25, 0.3) is 10.0 Å². The maximum absolute atomic E-state index is 11.8. The third-order valence-electron chi connectivity index (χ3n) is 1.81. The maximum Gasteiger partial charge on any atom is 0.260 e. The molecule has 0 aromatic heterocycles. The third kappa shape index (κ3) is 3.24. The second-order valence-electron chi connectivity index (χ2n) is 2.88. The van der Waals surface area contributed by atoms with Gasteiger partial charge in [-0.1, -0.05) is 0 Å². The van der Waals surface area contributed by atoms with Crippen LogP contribution in [-0.2, 0) is 19.8 Å². The number of nitrogens with zero attached hydrogens (tertiary/aromatic N) is 1. The zero-order valence-corrected chi connectivity index (χ0v) is 9.16. The van der Waals surface area contributed by atoms with Crippen molar-refractivity contribution in [2.24, 2.45) is 3.77 Å². The van der Waals surface area contributed by atoms with Crippen molar-refractivity contribution in [1.29, 1.82) is 0 Å². The summed E-state index contributed by atoms with van der Waals surface area (Å²) in [6.07, 6.45) is 0. The lowest BCUT2D eigenvalue weighted by atomic mass is 10.6. The number of hydrogen-bond donors (Lipinski definition) is 1. The monoisotopic (exact) mass is 226 g/mol. The smallest absolute Gasteiger partial charge is 0.260 e. The Hall–Kier alpha value is -0.140. The molecule has 0 radical (unpaired) electrons. The van der Waals surface area contributed by atoms with Crippen LogP contribution in [0.25, 0.3) is 0 Å². The highest BCUT2D eigenvalue weighted by Gasteiger charge is 2.17. The van der Waals surface area contributed by atoms with Crippen LogP contribution < -0.4 is 5.32 Å². The molecule has 7 heteroatoms. The summed E-state index contributed by atoms with van der Waals surface area (Å²) in [5, 5.41) is 3.01. The molecule has 13 heavy (non-hydrogen) atoms. The van der Waals surface area contributed by atoms with Crippen LogP contribution in [0.4, 0.5) is 0 Å². The topological polar surface area (TPSA) is 75.6 Å². The predicted octanol–water partition coefficient (Wildman–Crippen LogP) is -0.593. The van der Waals surface area contributed by atoms with Gasteiger partial charge in [0.05, 0.1) is 15.5 Å². The zero-order valence-electron chi connectivity index (χ0n) is 7.52. The van der Waals surface area contributed by atoms with Crippen molar-refractivity contribution in [3.05, 3.63) is 0 Å². The standard InChI is InChI=1S/C6H14N2O3S2/c1-2-13(10,11)8-12(9)5-3-7-4-6-12/h7H,2-6H2,1H3. The Kier molecular flexibility index (Phi) is 3.31. The van der Waals surface area contributed by atoms with Crippen LogP contribution in [0, 0.1) is 0 Å². The normalized spacial score (nSPS) is 22.5. The molecular formula is C6H14N2O3S2.